The van der Waals surface area contributed by atoms with Gasteiger partial charge in [0.25, 0.3) is 0 Å². The molecule has 6 rings (SSSR count). The minimum absolute atomic E-state index is 0.00746. The molecule has 0 fully saturated rings. The molecule has 1 aliphatic rings. The van der Waals surface area contributed by atoms with Gasteiger partial charge in [0.05, 0.1) is 25.0 Å². The maximum atomic E-state index is 13.8. The van der Waals surface area contributed by atoms with Gasteiger partial charge >= 0.3 is 11.9 Å². The zero-order valence-electron chi connectivity index (χ0n) is 26.3. The van der Waals surface area contributed by atoms with E-state index in [-0.39, 0.29) is 64.2 Å². The van der Waals surface area contributed by atoms with Gasteiger partial charge in [-0.25, -0.2) is 0 Å². The number of methoxy groups -OCH3 is 2. The maximum absolute atomic E-state index is 13.8. The lowest BCUT2D eigenvalue weighted by Crippen LogP contribution is -2.30. The molecular formula is C34H32O12. The van der Waals surface area contributed by atoms with Gasteiger partial charge in [-0.15, -0.1) is 0 Å². The molecule has 0 saturated heterocycles. The first kappa shape index (κ1) is 30.8. The summed E-state index contributed by atoms with van der Waals surface area (Å²) in [5.74, 6) is -1.75. The van der Waals surface area contributed by atoms with Crippen LogP contribution in [0.4, 0.5) is 0 Å². The Labute approximate surface area is 261 Å². The third-order valence-electron chi connectivity index (χ3n) is 8.28. The topological polar surface area (TPSA) is 164 Å². The van der Waals surface area contributed by atoms with Crippen molar-refractivity contribution in [1.82, 2.24) is 0 Å². The molecule has 2 N–H and O–H groups in total. The van der Waals surface area contributed by atoms with Crippen molar-refractivity contribution in [3.63, 3.8) is 0 Å². The summed E-state index contributed by atoms with van der Waals surface area (Å²) in [5, 5.41) is 25.2. The van der Waals surface area contributed by atoms with E-state index in [0.717, 1.165) is 0 Å². The van der Waals surface area contributed by atoms with Crippen LogP contribution in [0.25, 0.3) is 43.1 Å². The summed E-state index contributed by atoms with van der Waals surface area (Å²) < 4.78 is 34.4. The zero-order chi connectivity index (χ0) is 33.4. The van der Waals surface area contributed by atoms with Gasteiger partial charge in [0.15, 0.2) is 33.9 Å². The Morgan fingerprint density at radius 2 is 1.26 bits per heavy atom. The fourth-order valence-electron chi connectivity index (χ4n) is 6.98. The van der Waals surface area contributed by atoms with Crippen LogP contribution in [0.2, 0.25) is 0 Å². The third kappa shape index (κ3) is 4.50. The minimum Gasteiger partial charge on any atom is -0.504 e. The quantitative estimate of drug-likeness (QED) is 0.141. The standard InChI is InChI=1S/C34H32O12/c1-13(45-14(2)35)8-16-22-23-17(11-34(4,5)46-15(3)36)33(42-7)31(40)25-19(38)10-21-27(29(23)25)26-20(43-12-44-21)9-18(37)24(28(22)26)30(39)32(16)41-6/h9-10,13,39-40H,8,11-12H2,1-7H3. The number of ether oxygens (including phenoxy) is 6. The summed E-state index contributed by atoms with van der Waals surface area (Å²) in [6, 6.07) is 2.47. The van der Waals surface area contributed by atoms with Crippen molar-refractivity contribution >= 4 is 55.0 Å². The van der Waals surface area contributed by atoms with E-state index in [1.54, 1.807) is 20.8 Å². The highest BCUT2D eigenvalue weighted by Crippen LogP contribution is 2.56. The summed E-state index contributed by atoms with van der Waals surface area (Å²) in [4.78, 5) is 51.6. The average molecular weight is 633 g/mol. The summed E-state index contributed by atoms with van der Waals surface area (Å²) in [5.41, 5.74) is -1.60. The predicted molar refractivity (Wildman–Crippen MR) is 168 cm³/mol. The zero-order valence-corrected chi connectivity index (χ0v) is 26.3. The van der Waals surface area contributed by atoms with E-state index in [1.807, 2.05) is 0 Å². The molecule has 46 heavy (non-hydrogen) atoms. The van der Waals surface area contributed by atoms with Crippen LogP contribution >= 0.6 is 0 Å². The largest absolute Gasteiger partial charge is 0.504 e. The molecule has 0 saturated carbocycles. The highest BCUT2D eigenvalue weighted by molar-refractivity contribution is 6.38. The van der Waals surface area contributed by atoms with Gasteiger partial charge in [0, 0.05) is 71.5 Å². The molecule has 12 heteroatoms. The summed E-state index contributed by atoms with van der Waals surface area (Å²) in [6.07, 6.45) is -0.744. The van der Waals surface area contributed by atoms with Crippen molar-refractivity contribution in [3.05, 3.63) is 43.7 Å². The number of hydrogen-bond donors (Lipinski definition) is 2. The molecule has 5 aromatic rings. The average Bonchev–Trinajstić information content (AvgIpc) is 3.11. The monoisotopic (exact) mass is 632 g/mol. The van der Waals surface area contributed by atoms with E-state index in [1.165, 1.54) is 40.2 Å². The summed E-state index contributed by atoms with van der Waals surface area (Å²) in [6.45, 7) is 7.26. The molecule has 5 aromatic carbocycles. The number of rotatable bonds is 8. The van der Waals surface area contributed by atoms with Crippen LogP contribution in [-0.2, 0) is 31.9 Å². The second-order valence-electron chi connectivity index (χ2n) is 12.0. The van der Waals surface area contributed by atoms with Gasteiger partial charge in [-0.05, 0) is 31.5 Å². The maximum Gasteiger partial charge on any atom is 0.303 e. The highest BCUT2D eigenvalue weighted by atomic mass is 16.7. The fourth-order valence-corrected chi connectivity index (χ4v) is 6.98. The minimum atomic E-state index is -1.15. The number of hydrogen-bond acceptors (Lipinski definition) is 12. The second kappa shape index (κ2) is 10.7. The first-order valence-electron chi connectivity index (χ1n) is 14.5. The number of benzene rings is 5. The van der Waals surface area contributed by atoms with E-state index in [9.17, 15) is 29.4 Å². The summed E-state index contributed by atoms with van der Waals surface area (Å²) in [7, 11) is 2.67. The molecule has 1 aliphatic heterocycles. The molecule has 0 aromatic heterocycles. The van der Waals surface area contributed by atoms with E-state index < -0.39 is 46.0 Å². The smallest absolute Gasteiger partial charge is 0.303 e. The van der Waals surface area contributed by atoms with E-state index in [4.69, 9.17) is 28.4 Å². The Bertz CT molecular complexity index is 2220. The van der Waals surface area contributed by atoms with Gasteiger partial charge in [0.2, 0.25) is 6.79 Å². The van der Waals surface area contributed by atoms with Crippen molar-refractivity contribution in [2.75, 3.05) is 21.0 Å². The Morgan fingerprint density at radius 3 is 1.72 bits per heavy atom. The first-order chi connectivity index (χ1) is 21.7. The molecule has 1 atom stereocenters. The van der Waals surface area contributed by atoms with Crippen LogP contribution in [-0.4, -0.2) is 54.9 Å². The molecule has 0 bridgehead atoms. The van der Waals surface area contributed by atoms with E-state index in [0.29, 0.717) is 32.7 Å². The third-order valence-corrected chi connectivity index (χ3v) is 8.28. The molecule has 1 heterocycles. The van der Waals surface area contributed by atoms with Crippen LogP contribution in [0.3, 0.4) is 0 Å². The van der Waals surface area contributed by atoms with Crippen LogP contribution in [0, 0.1) is 0 Å². The predicted octanol–water partition coefficient (Wildman–Crippen LogP) is 4.43. The SMILES string of the molecule is COc1c(O)c2c(=O)cc3c4c5c(cc(=O)c6c(O)c(OC)c(CC(C)(C)OC(C)=O)c(c(c1CC(C)OC(C)=O)c24)c65)OCO3. The van der Waals surface area contributed by atoms with Crippen molar-refractivity contribution in [2.45, 2.75) is 59.2 Å². The van der Waals surface area contributed by atoms with Crippen molar-refractivity contribution in [1.29, 1.82) is 0 Å². The molecule has 0 spiro atoms. The Hall–Kier alpha value is -5.26. The van der Waals surface area contributed by atoms with Crippen molar-refractivity contribution in [2.24, 2.45) is 0 Å². The molecule has 0 aliphatic carbocycles. The van der Waals surface area contributed by atoms with Gasteiger partial charge in [-0.2, -0.15) is 0 Å². The van der Waals surface area contributed by atoms with Gasteiger partial charge < -0.3 is 38.6 Å². The van der Waals surface area contributed by atoms with Gasteiger partial charge in [-0.1, -0.05) is 0 Å². The first-order valence-corrected chi connectivity index (χ1v) is 14.5. The van der Waals surface area contributed by atoms with E-state index >= 15 is 0 Å². The molecular weight excluding hydrogens is 600 g/mol. The number of phenols is 2. The number of esters is 2. The molecule has 240 valence electrons. The molecule has 0 amide bonds. The van der Waals surface area contributed by atoms with Crippen LogP contribution < -0.4 is 29.8 Å². The van der Waals surface area contributed by atoms with E-state index in [2.05, 4.69) is 0 Å². The van der Waals surface area contributed by atoms with Gasteiger partial charge in [0.1, 0.15) is 23.2 Å². The number of fused-ring (bicyclic) bond motifs is 1. The molecule has 12 nitrogen and oxygen atoms in total. The Kier molecular flexibility index (Phi) is 7.14. The molecule has 0 radical (unpaired) electrons. The normalized spacial score (nSPS) is 13.5. The number of aromatic hydroxyl groups is 2. The number of phenolic OH excluding ortho intramolecular Hbond substituents is 2. The van der Waals surface area contributed by atoms with Crippen LogP contribution in [0.15, 0.2) is 21.7 Å². The number of carbonyl (C=O) groups excluding carboxylic acids is 2. The lowest BCUT2D eigenvalue weighted by atomic mass is 9.81. The molecule has 1 unspecified atom stereocenters. The van der Waals surface area contributed by atoms with Crippen molar-refractivity contribution in [3.8, 4) is 34.5 Å². The van der Waals surface area contributed by atoms with Crippen LogP contribution in [0.5, 0.6) is 34.5 Å². The summed E-state index contributed by atoms with van der Waals surface area (Å²) >= 11 is 0. The highest BCUT2D eigenvalue weighted by Gasteiger charge is 2.36. The second-order valence-corrected chi connectivity index (χ2v) is 12.0. The lowest BCUT2D eigenvalue weighted by Gasteiger charge is -2.29. The fraction of sp³-hybridized carbons (Fsp3) is 0.353. The lowest BCUT2D eigenvalue weighted by molar-refractivity contribution is -0.153. The van der Waals surface area contributed by atoms with Crippen molar-refractivity contribution < 1.29 is 48.2 Å². The Balaban J connectivity index is 2.00. The van der Waals surface area contributed by atoms with Gasteiger partial charge in [-0.3, -0.25) is 19.2 Å². The Morgan fingerprint density at radius 1 is 0.783 bits per heavy atom. The number of carbonyl (C=O) groups is 2. The van der Waals surface area contributed by atoms with Crippen LogP contribution in [0.1, 0.15) is 45.7 Å².